The Bertz CT molecular complexity index is 1080. The Morgan fingerprint density at radius 2 is 1.59 bits per heavy atom. The van der Waals surface area contributed by atoms with Gasteiger partial charge in [-0.15, -0.1) is 23.2 Å². The van der Waals surface area contributed by atoms with E-state index in [1.54, 1.807) is 24.3 Å². The number of urea groups is 1. The van der Waals surface area contributed by atoms with Crippen LogP contribution in [0.15, 0.2) is 40.4 Å². The van der Waals surface area contributed by atoms with E-state index in [0.717, 1.165) is 0 Å². The number of carbonyl (C=O) groups is 5. The molecule has 1 aromatic rings. The fourth-order valence-corrected chi connectivity index (χ4v) is 3.99. The maximum Gasteiger partial charge on any atom is 0.407 e. The first-order chi connectivity index (χ1) is 18.6. The topological polar surface area (TPSA) is 190 Å². The highest BCUT2D eigenvalue weighted by atomic mass is 79.9. The van der Waals surface area contributed by atoms with Crippen molar-refractivity contribution in [1.82, 2.24) is 21.3 Å². The molecule has 1 aliphatic carbocycles. The fraction of sp³-hybridized carbons (Fsp3) is 0.435. The minimum atomic E-state index is -1.24. The van der Waals surface area contributed by atoms with Crippen LogP contribution in [0.3, 0.4) is 0 Å². The molecule has 0 fully saturated rings. The second kappa shape index (κ2) is 16.7. The molecular formula is C23H29BrCl2N6O7. The summed E-state index contributed by atoms with van der Waals surface area (Å²) in [6.07, 6.45) is -3.07. The van der Waals surface area contributed by atoms with Gasteiger partial charge in [-0.2, -0.15) is 0 Å². The molecule has 0 heterocycles. The van der Waals surface area contributed by atoms with Gasteiger partial charge in [0.1, 0.15) is 6.10 Å². The van der Waals surface area contributed by atoms with Gasteiger partial charge in [0.05, 0.1) is 11.7 Å². The van der Waals surface area contributed by atoms with Crippen LogP contribution >= 0.6 is 39.1 Å². The molecule has 0 bridgehead atoms. The van der Waals surface area contributed by atoms with Gasteiger partial charge >= 0.3 is 18.2 Å². The molecule has 13 nitrogen and oxygen atoms in total. The molecule has 214 valence electrons. The number of nitrogens with one attached hydrogen (secondary N) is 5. The summed E-state index contributed by atoms with van der Waals surface area (Å²) in [5.74, 6) is -0.960. The van der Waals surface area contributed by atoms with Crippen LogP contribution in [0.1, 0.15) is 12.8 Å². The summed E-state index contributed by atoms with van der Waals surface area (Å²) < 4.78 is 11.6. The summed E-state index contributed by atoms with van der Waals surface area (Å²) in [4.78, 5) is 61.6. The standard InChI is InChI=1S/C23H29BrCl2N6O7/c24-14-3-1-2-4-15(14)31-21(35)32-16-11-13(20(34)28-8-5-18(27)33)12-17(38-22(36)29-9-6-25)19(16)39-23(37)30-10-7-26/h1-4,11,16-17,19H,5-10,12H2,(H2,27,33)(H,28,34)(H,29,36)(H,30,37)(H2,31,32,35)/t16-,17-,19-/m1/s1. The molecule has 1 aromatic carbocycles. The molecule has 0 unspecified atom stereocenters. The summed E-state index contributed by atoms with van der Waals surface area (Å²) in [6, 6.07) is 5.04. The fourth-order valence-electron chi connectivity index (χ4n) is 3.42. The van der Waals surface area contributed by atoms with Crippen LogP contribution in [-0.4, -0.2) is 79.7 Å². The average Bonchev–Trinajstić information content (AvgIpc) is 2.88. The lowest BCUT2D eigenvalue weighted by molar-refractivity contribution is -0.119. The summed E-state index contributed by atoms with van der Waals surface area (Å²) in [5, 5.41) is 12.7. The normalized spacial score (nSPS) is 18.1. The van der Waals surface area contributed by atoms with E-state index >= 15 is 0 Å². The van der Waals surface area contributed by atoms with E-state index in [9.17, 15) is 24.0 Å². The summed E-state index contributed by atoms with van der Waals surface area (Å²) in [7, 11) is 0. The number of amides is 6. The second-order valence-corrected chi connectivity index (χ2v) is 9.63. The quantitative estimate of drug-likeness (QED) is 0.186. The van der Waals surface area contributed by atoms with Gasteiger partial charge in [-0.3, -0.25) is 9.59 Å². The number of hydrogen-bond donors (Lipinski definition) is 6. The first-order valence-electron chi connectivity index (χ1n) is 11.7. The van der Waals surface area contributed by atoms with Gasteiger partial charge in [0.25, 0.3) is 0 Å². The number of para-hydroxylation sites is 1. The minimum absolute atomic E-state index is 0.0331. The number of nitrogens with two attached hydrogens (primary N) is 1. The third-order valence-electron chi connectivity index (χ3n) is 5.12. The number of alkyl carbamates (subject to hydrolysis) is 2. The Labute approximate surface area is 243 Å². The number of hydrogen-bond acceptors (Lipinski definition) is 7. The smallest absolute Gasteiger partial charge is 0.407 e. The van der Waals surface area contributed by atoms with Crippen LogP contribution in [-0.2, 0) is 19.1 Å². The lowest BCUT2D eigenvalue weighted by atomic mass is 9.89. The number of halogens is 3. The zero-order valence-electron chi connectivity index (χ0n) is 20.6. The van der Waals surface area contributed by atoms with Crippen molar-refractivity contribution in [3.63, 3.8) is 0 Å². The van der Waals surface area contributed by atoms with Gasteiger partial charge in [0.15, 0.2) is 6.10 Å². The molecule has 7 N–H and O–H groups in total. The van der Waals surface area contributed by atoms with Crippen molar-refractivity contribution in [3.05, 3.63) is 40.4 Å². The number of ether oxygens (including phenoxy) is 2. The Morgan fingerprint density at radius 3 is 2.21 bits per heavy atom. The number of carbonyl (C=O) groups excluding carboxylic acids is 5. The van der Waals surface area contributed by atoms with Gasteiger partial charge in [-0.1, -0.05) is 12.1 Å². The van der Waals surface area contributed by atoms with Crippen LogP contribution in [0.25, 0.3) is 0 Å². The van der Waals surface area contributed by atoms with Gasteiger partial charge in [0, 0.05) is 54.3 Å². The summed E-state index contributed by atoms with van der Waals surface area (Å²) >= 11 is 14.6. The zero-order valence-corrected chi connectivity index (χ0v) is 23.7. The molecule has 0 saturated carbocycles. The van der Waals surface area contributed by atoms with Crippen LogP contribution in [0.2, 0.25) is 0 Å². The van der Waals surface area contributed by atoms with E-state index in [2.05, 4.69) is 42.5 Å². The predicted molar refractivity (Wildman–Crippen MR) is 148 cm³/mol. The van der Waals surface area contributed by atoms with Gasteiger partial charge < -0.3 is 41.8 Å². The van der Waals surface area contributed by atoms with Crippen molar-refractivity contribution < 1.29 is 33.4 Å². The lowest BCUT2D eigenvalue weighted by Crippen LogP contribution is -2.56. The van der Waals surface area contributed by atoms with E-state index in [-0.39, 0.29) is 49.8 Å². The van der Waals surface area contributed by atoms with Gasteiger partial charge in [0.2, 0.25) is 11.8 Å². The minimum Gasteiger partial charge on any atom is -0.442 e. The molecule has 0 saturated heterocycles. The zero-order chi connectivity index (χ0) is 28.8. The highest BCUT2D eigenvalue weighted by molar-refractivity contribution is 9.10. The molecule has 0 aromatic heterocycles. The molecule has 39 heavy (non-hydrogen) atoms. The van der Waals surface area contributed by atoms with E-state index in [0.29, 0.717) is 10.2 Å². The lowest BCUT2D eigenvalue weighted by Gasteiger charge is -2.36. The largest absolute Gasteiger partial charge is 0.442 e. The van der Waals surface area contributed by atoms with Crippen molar-refractivity contribution in [2.45, 2.75) is 31.1 Å². The predicted octanol–water partition coefficient (Wildman–Crippen LogP) is 1.93. The number of rotatable bonds is 12. The van der Waals surface area contributed by atoms with Crippen LogP contribution in [0.4, 0.5) is 20.1 Å². The molecule has 6 amide bonds. The molecule has 0 radical (unpaired) electrons. The molecule has 0 aliphatic heterocycles. The summed E-state index contributed by atoms with van der Waals surface area (Å²) in [5.41, 5.74) is 5.69. The van der Waals surface area contributed by atoms with E-state index in [4.69, 9.17) is 38.4 Å². The van der Waals surface area contributed by atoms with Crippen molar-refractivity contribution in [2.24, 2.45) is 5.73 Å². The van der Waals surface area contributed by atoms with E-state index in [1.807, 2.05) is 0 Å². The Balaban J connectivity index is 2.34. The highest BCUT2D eigenvalue weighted by Gasteiger charge is 2.41. The van der Waals surface area contributed by atoms with Crippen LogP contribution in [0.5, 0.6) is 0 Å². The molecule has 0 spiro atoms. The summed E-state index contributed by atoms with van der Waals surface area (Å²) in [6.45, 7) is 0.161. The third kappa shape index (κ3) is 11.2. The molecule has 16 heteroatoms. The first-order valence-corrected chi connectivity index (χ1v) is 13.6. The van der Waals surface area contributed by atoms with Crippen LogP contribution < -0.4 is 32.3 Å². The van der Waals surface area contributed by atoms with Crippen LogP contribution in [0, 0.1) is 0 Å². The van der Waals surface area contributed by atoms with E-state index < -0.39 is 48.3 Å². The maximum absolute atomic E-state index is 12.9. The van der Waals surface area contributed by atoms with Crippen molar-refractivity contribution in [2.75, 3.05) is 36.7 Å². The maximum atomic E-state index is 12.9. The molecule has 2 rings (SSSR count). The average molecular weight is 652 g/mol. The number of primary amides is 1. The monoisotopic (exact) mass is 650 g/mol. The molecular weight excluding hydrogens is 623 g/mol. The third-order valence-corrected chi connectivity index (χ3v) is 6.19. The van der Waals surface area contributed by atoms with Crippen molar-refractivity contribution in [1.29, 1.82) is 0 Å². The van der Waals surface area contributed by atoms with Gasteiger partial charge in [-0.05, 0) is 34.1 Å². The number of anilines is 1. The van der Waals surface area contributed by atoms with Crippen molar-refractivity contribution >= 4 is 74.9 Å². The van der Waals surface area contributed by atoms with E-state index in [1.165, 1.54) is 6.08 Å². The molecule has 1 aliphatic rings. The van der Waals surface area contributed by atoms with Crippen molar-refractivity contribution in [3.8, 4) is 0 Å². The SMILES string of the molecule is NC(=O)CCNC(=O)C1=C[C@@H](NC(=O)Nc2ccccc2Br)[C@@H](OC(=O)NCCCl)[C@H](OC(=O)NCCCl)C1. The Morgan fingerprint density at radius 1 is 0.949 bits per heavy atom. The Hall–Kier alpha value is -3.23. The number of benzene rings is 1. The highest BCUT2D eigenvalue weighted by Crippen LogP contribution is 2.26. The first kappa shape index (κ1) is 32.0. The number of alkyl halides is 2. The molecule has 3 atom stereocenters. The second-order valence-electron chi connectivity index (χ2n) is 8.02. The Kier molecular flexibility index (Phi) is 13.7. The van der Waals surface area contributed by atoms with Gasteiger partial charge in [-0.25, -0.2) is 14.4 Å².